The van der Waals surface area contributed by atoms with Crippen LogP contribution in [0.5, 0.6) is 5.75 Å². The van der Waals surface area contributed by atoms with E-state index in [1.54, 1.807) is 0 Å². The number of hydrogen-bond acceptors (Lipinski definition) is 3. The highest BCUT2D eigenvalue weighted by atomic mass is 127. The summed E-state index contributed by atoms with van der Waals surface area (Å²) in [6, 6.07) is 7.75. The number of nitrogens with zero attached hydrogens (tertiary/aromatic N) is 1. The maximum absolute atomic E-state index is 12.2. The standard InChI is InChI=1S/C15H21IN2O2.ClH/c1-17-9-12-3-2-8-18(10-12)15(19)11-20-14-6-4-13(16)5-7-14;/h4-7,12,17H,2-3,8-11H2,1H3;1H. The Hall–Kier alpha value is -0.530. The van der Waals surface area contributed by atoms with Crippen molar-refractivity contribution in [2.45, 2.75) is 12.8 Å². The molecule has 1 N–H and O–H groups in total. The van der Waals surface area contributed by atoms with Crippen molar-refractivity contribution in [1.29, 1.82) is 0 Å². The minimum absolute atomic E-state index is 0. The molecule has 0 bridgehead atoms. The monoisotopic (exact) mass is 424 g/mol. The zero-order valence-electron chi connectivity index (χ0n) is 12.2. The molecule has 0 aromatic heterocycles. The largest absolute Gasteiger partial charge is 0.484 e. The summed E-state index contributed by atoms with van der Waals surface area (Å²) in [6.45, 7) is 2.81. The second-order valence-electron chi connectivity index (χ2n) is 5.15. The fraction of sp³-hybridized carbons (Fsp3) is 0.533. The number of nitrogens with one attached hydrogen (secondary N) is 1. The Morgan fingerprint density at radius 2 is 2.14 bits per heavy atom. The van der Waals surface area contributed by atoms with Crippen LogP contribution >= 0.6 is 35.0 Å². The molecule has 1 amide bonds. The topological polar surface area (TPSA) is 41.6 Å². The number of amides is 1. The van der Waals surface area contributed by atoms with Gasteiger partial charge in [-0.05, 0) is 79.2 Å². The first-order valence-electron chi connectivity index (χ1n) is 7.00. The van der Waals surface area contributed by atoms with Gasteiger partial charge in [-0.2, -0.15) is 0 Å². The molecule has 0 spiro atoms. The number of piperidine rings is 1. The van der Waals surface area contributed by atoms with Gasteiger partial charge in [0.05, 0.1) is 0 Å². The number of hydrogen-bond donors (Lipinski definition) is 1. The van der Waals surface area contributed by atoms with Gasteiger partial charge < -0.3 is 15.0 Å². The average molecular weight is 425 g/mol. The summed E-state index contributed by atoms with van der Waals surface area (Å²) >= 11 is 2.25. The third-order valence-electron chi connectivity index (χ3n) is 3.54. The average Bonchev–Trinajstić information content (AvgIpc) is 2.47. The maximum Gasteiger partial charge on any atom is 0.260 e. The molecule has 1 saturated heterocycles. The summed E-state index contributed by atoms with van der Waals surface area (Å²) in [4.78, 5) is 14.1. The Morgan fingerprint density at radius 3 is 2.81 bits per heavy atom. The number of benzene rings is 1. The molecule has 1 aliphatic rings. The Balaban J connectivity index is 0.00000220. The number of rotatable bonds is 5. The van der Waals surface area contributed by atoms with E-state index in [0.717, 1.165) is 35.4 Å². The lowest BCUT2D eigenvalue weighted by Crippen LogP contribution is -2.44. The van der Waals surface area contributed by atoms with Gasteiger partial charge in [-0.15, -0.1) is 12.4 Å². The molecule has 118 valence electrons. The highest BCUT2D eigenvalue weighted by Crippen LogP contribution is 2.17. The smallest absolute Gasteiger partial charge is 0.260 e. The van der Waals surface area contributed by atoms with Crippen LogP contribution in [0.25, 0.3) is 0 Å². The lowest BCUT2D eigenvalue weighted by molar-refractivity contribution is -0.135. The van der Waals surface area contributed by atoms with E-state index in [9.17, 15) is 4.79 Å². The van der Waals surface area contributed by atoms with Crippen LogP contribution in [0.4, 0.5) is 0 Å². The highest BCUT2D eigenvalue weighted by Gasteiger charge is 2.23. The van der Waals surface area contributed by atoms with Crippen LogP contribution in [0.1, 0.15) is 12.8 Å². The number of carbonyl (C=O) groups excluding carboxylic acids is 1. The molecule has 21 heavy (non-hydrogen) atoms. The lowest BCUT2D eigenvalue weighted by Gasteiger charge is -2.32. The zero-order chi connectivity index (χ0) is 14.4. The summed E-state index contributed by atoms with van der Waals surface area (Å²) in [7, 11) is 1.96. The second kappa shape index (κ2) is 9.48. The minimum Gasteiger partial charge on any atom is -0.484 e. The van der Waals surface area contributed by atoms with E-state index in [-0.39, 0.29) is 24.9 Å². The maximum atomic E-state index is 12.2. The Kier molecular flexibility index (Phi) is 8.36. The SMILES string of the molecule is CNCC1CCCN(C(=O)COc2ccc(I)cc2)C1.Cl. The fourth-order valence-electron chi connectivity index (χ4n) is 2.51. The van der Waals surface area contributed by atoms with Crippen LogP contribution in [0.15, 0.2) is 24.3 Å². The molecule has 4 nitrogen and oxygen atoms in total. The van der Waals surface area contributed by atoms with Gasteiger partial charge in [0.15, 0.2) is 6.61 Å². The number of likely N-dealkylation sites (tertiary alicyclic amines) is 1. The summed E-state index contributed by atoms with van der Waals surface area (Å²) in [5, 5.41) is 3.19. The first-order valence-corrected chi connectivity index (χ1v) is 8.07. The van der Waals surface area contributed by atoms with E-state index in [0.29, 0.717) is 5.92 Å². The Bertz CT molecular complexity index is 440. The number of ether oxygens (including phenoxy) is 1. The molecule has 1 unspecified atom stereocenters. The molecule has 2 rings (SSSR count). The highest BCUT2D eigenvalue weighted by molar-refractivity contribution is 14.1. The number of carbonyl (C=O) groups is 1. The zero-order valence-corrected chi connectivity index (χ0v) is 15.2. The van der Waals surface area contributed by atoms with Gasteiger partial charge in [-0.25, -0.2) is 0 Å². The predicted molar refractivity (Wildman–Crippen MR) is 95.1 cm³/mol. The van der Waals surface area contributed by atoms with Crippen LogP contribution in [0.3, 0.4) is 0 Å². The van der Waals surface area contributed by atoms with Gasteiger partial charge in [-0.1, -0.05) is 0 Å². The first kappa shape index (κ1) is 18.5. The van der Waals surface area contributed by atoms with Crippen molar-refractivity contribution >= 4 is 40.9 Å². The van der Waals surface area contributed by atoms with Crippen LogP contribution in [0.2, 0.25) is 0 Å². The summed E-state index contributed by atoms with van der Waals surface area (Å²) in [6.07, 6.45) is 2.28. The van der Waals surface area contributed by atoms with Crippen molar-refractivity contribution in [2.24, 2.45) is 5.92 Å². The van der Waals surface area contributed by atoms with Gasteiger partial charge in [0.25, 0.3) is 5.91 Å². The van der Waals surface area contributed by atoms with Crippen LogP contribution in [0, 0.1) is 9.49 Å². The Labute approximate surface area is 146 Å². The first-order chi connectivity index (χ1) is 9.69. The molecule has 1 aliphatic heterocycles. The number of halogens is 2. The third kappa shape index (κ3) is 6.00. The minimum atomic E-state index is 0. The molecular formula is C15H22ClIN2O2. The summed E-state index contributed by atoms with van der Waals surface area (Å²) < 4.78 is 6.72. The van der Waals surface area contributed by atoms with Crippen molar-refractivity contribution < 1.29 is 9.53 Å². The molecule has 1 heterocycles. The van der Waals surface area contributed by atoms with Crippen molar-refractivity contribution in [3.05, 3.63) is 27.8 Å². The third-order valence-corrected chi connectivity index (χ3v) is 4.26. The van der Waals surface area contributed by atoms with E-state index in [2.05, 4.69) is 27.9 Å². The van der Waals surface area contributed by atoms with Crippen molar-refractivity contribution in [1.82, 2.24) is 10.2 Å². The fourth-order valence-corrected chi connectivity index (χ4v) is 2.87. The normalized spacial score (nSPS) is 18.0. The Morgan fingerprint density at radius 1 is 1.43 bits per heavy atom. The van der Waals surface area contributed by atoms with E-state index in [1.165, 1.54) is 6.42 Å². The van der Waals surface area contributed by atoms with Crippen LogP contribution in [-0.2, 0) is 4.79 Å². The summed E-state index contributed by atoms with van der Waals surface area (Å²) in [5.74, 6) is 1.41. The van der Waals surface area contributed by atoms with Crippen molar-refractivity contribution in [2.75, 3.05) is 33.3 Å². The van der Waals surface area contributed by atoms with Gasteiger partial charge in [-0.3, -0.25) is 4.79 Å². The molecule has 0 aliphatic carbocycles. The van der Waals surface area contributed by atoms with E-state index >= 15 is 0 Å². The lowest BCUT2D eigenvalue weighted by atomic mass is 9.98. The summed E-state index contributed by atoms with van der Waals surface area (Å²) in [5.41, 5.74) is 0. The van der Waals surface area contributed by atoms with Gasteiger partial charge >= 0.3 is 0 Å². The van der Waals surface area contributed by atoms with Gasteiger partial charge in [0.1, 0.15) is 5.75 Å². The molecular weight excluding hydrogens is 403 g/mol. The van der Waals surface area contributed by atoms with Crippen LogP contribution in [-0.4, -0.2) is 44.1 Å². The molecule has 0 radical (unpaired) electrons. The van der Waals surface area contributed by atoms with Gasteiger partial charge in [0.2, 0.25) is 0 Å². The van der Waals surface area contributed by atoms with E-state index < -0.39 is 0 Å². The van der Waals surface area contributed by atoms with Gasteiger partial charge in [0, 0.05) is 16.7 Å². The predicted octanol–water partition coefficient (Wildman–Crippen LogP) is 2.55. The van der Waals surface area contributed by atoms with E-state index in [1.807, 2.05) is 36.2 Å². The quantitative estimate of drug-likeness (QED) is 0.739. The molecule has 1 fully saturated rings. The van der Waals surface area contributed by atoms with Crippen molar-refractivity contribution in [3.63, 3.8) is 0 Å². The second-order valence-corrected chi connectivity index (χ2v) is 6.39. The molecule has 0 saturated carbocycles. The molecule has 6 heteroatoms. The van der Waals surface area contributed by atoms with E-state index in [4.69, 9.17) is 4.74 Å². The molecule has 1 atom stereocenters. The molecule has 1 aromatic rings. The van der Waals surface area contributed by atoms with Crippen LogP contribution < -0.4 is 10.1 Å². The molecule has 1 aromatic carbocycles. The van der Waals surface area contributed by atoms with Crippen molar-refractivity contribution in [3.8, 4) is 5.75 Å².